The number of alkyl halides is 3. The number of amides is 1. The van der Waals surface area contributed by atoms with E-state index in [4.69, 9.17) is 5.26 Å². The lowest BCUT2D eigenvalue weighted by atomic mass is 9.65. The fourth-order valence-corrected chi connectivity index (χ4v) is 6.16. The van der Waals surface area contributed by atoms with Crippen molar-refractivity contribution in [1.29, 1.82) is 5.26 Å². The summed E-state index contributed by atoms with van der Waals surface area (Å²) in [4.78, 5) is 23.6. The highest BCUT2D eigenvalue weighted by Gasteiger charge is 2.49. The number of halogens is 3. The molecule has 7 nitrogen and oxygen atoms in total. The van der Waals surface area contributed by atoms with Crippen molar-refractivity contribution < 1.29 is 18.0 Å². The maximum Gasteiger partial charge on any atom is 0.393 e. The molecule has 0 bridgehead atoms. The van der Waals surface area contributed by atoms with Crippen LogP contribution in [0.4, 0.5) is 24.7 Å². The average molecular weight is 501 g/mol. The SMILES string of the molecule is N#CCNC(=O)c1ccc(NC2CC3(CCN(c4ncnc5sc(CC(F)(F)F)cc45)C3)C2)cc1. The van der Waals surface area contributed by atoms with Crippen molar-refractivity contribution in [2.45, 2.75) is 37.9 Å². The van der Waals surface area contributed by atoms with Crippen molar-refractivity contribution in [3.63, 3.8) is 0 Å². The van der Waals surface area contributed by atoms with Gasteiger partial charge in [0.15, 0.2) is 0 Å². The highest BCUT2D eigenvalue weighted by molar-refractivity contribution is 7.18. The molecule has 182 valence electrons. The highest BCUT2D eigenvalue weighted by Crippen LogP contribution is 2.50. The monoisotopic (exact) mass is 500 g/mol. The van der Waals surface area contributed by atoms with Gasteiger partial charge < -0.3 is 15.5 Å². The van der Waals surface area contributed by atoms with Crippen LogP contribution in [-0.2, 0) is 6.42 Å². The average Bonchev–Trinajstić information content (AvgIpc) is 3.40. The third kappa shape index (κ3) is 5.03. The van der Waals surface area contributed by atoms with Gasteiger partial charge in [0, 0.05) is 35.3 Å². The minimum atomic E-state index is -4.25. The number of hydrogen-bond donors (Lipinski definition) is 2. The number of fused-ring (bicyclic) bond motifs is 1. The molecular weight excluding hydrogens is 477 g/mol. The third-order valence-corrected chi connectivity index (χ3v) is 7.72. The first-order valence-electron chi connectivity index (χ1n) is 11.3. The zero-order valence-electron chi connectivity index (χ0n) is 18.7. The summed E-state index contributed by atoms with van der Waals surface area (Å²) in [5.41, 5.74) is 1.60. The van der Waals surface area contributed by atoms with Gasteiger partial charge in [-0.25, -0.2) is 9.97 Å². The Morgan fingerprint density at radius 2 is 2.03 bits per heavy atom. The molecule has 1 spiro atoms. The smallest absolute Gasteiger partial charge is 0.382 e. The van der Waals surface area contributed by atoms with Crippen molar-refractivity contribution in [2.75, 3.05) is 29.9 Å². The molecule has 1 aromatic carbocycles. The first-order chi connectivity index (χ1) is 16.7. The van der Waals surface area contributed by atoms with Gasteiger partial charge >= 0.3 is 6.18 Å². The van der Waals surface area contributed by atoms with Crippen LogP contribution in [-0.4, -0.2) is 47.7 Å². The van der Waals surface area contributed by atoms with Crippen LogP contribution < -0.4 is 15.5 Å². The second-order valence-electron chi connectivity index (χ2n) is 9.26. The number of rotatable bonds is 6. The standard InChI is InChI=1S/C24H23F3N6OS/c25-24(26,27)12-18-9-19-20(30-14-31-22(19)35-18)33-8-5-23(13-33)10-17(11-23)32-16-3-1-15(2-4-16)21(34)29-7-6-28/h1-4,9,14,17,32H,5,7-8,10-13H2,(H,29,34). The molecule has 1 aliphatic carbocycles. The lowest BCUT2D eigenvalue weighted by Crippen LogP contribution is -2.46. The van der Waals surface area contributed by atoms with Gasteiger partial charge in [-0.3, -0.25) is 4.79 Å². The van der Waals surface area contributed by atoms with E-state index in [0.29, 0.717) is 21.8 Å². The summed E-state index contributed by atoms with van der Waals surface area (Å²) in [6, 6.07) is 11.0. The Hall–Kier alpha value is -3.39. The minimum absolute atomic E-state index is 0.0261. The predicted octanol–water partition coefficient (Wildman–Crippen LogP) is 4.52. The summed E-state index contributed by atoms with van der Waals surface area (Å²) in [6.07, 6.45) is -0.767. The molecule has 3 heterocycles. The summed E-state index contributed by atoms with van der Waals surface area (Å²) in [7, 11) is 0. The van der Waals surface area contributed by atoms with Crippen LogP contribution in [0, 0.1) is 16.7 Å². The van der Waals surface area contributed by atoms with Gasteiger partial charge in [-0.2, -0.15) is 18.4 Å². The molecule has 1 saturated heterocycles. The second kappa shape index (κ2) is 9.00. The van der Waals surface area contributed by atoms with Gasteiger partial charge in [-0.15, -0.1) is 11.3 Å². The molecular formula is C24H23F3N6OS. The lowest BCUT2D eigenvalue weighted by Gasteiger charge is -2.46. The van der Waals surface area contributed by atoms with E-state index in [9.17, 15) is 18.0 Å². The molecule has 0 radical (unpaired) electrons. The van der Waals surface area contributed by atoms with Gasteiger partial charge in [0.25, 0.3) is 5.91 Å². The van der Waals surface area contributed by atoms with E-state index in [1.807, 2.05) is 18.2 Å². The fraction of sp³-hybridized carbons (Fsp3) is 0.417. The fourth-order valence-electron chi connectivity index (χ4n) is 5.14. The molecule has 11 heteroatoms. The Labute approximate surface area is 204 Å². The molecule has 1 saturated carbocycles. The van der Waals surface area contributed by atoms with Crippen LogP contribution >= 0.6 is 11.3 Å². The Balaban J connectivity index is 1.19. The minimum Gasteiger partial charge on any atom is -0.382 e. The topological polar surface area (TPSA) is 93.9 Å². The predicted molar refractivity (Wildman–Crippen MR) is 127 cm³/mol. The highest BCUT2D eigenvalue weighted by atomic mass is 32.1. The molecule has 5 rings (SSSR count). The molecule has 35 heavy (non-hydrogen) atoms. The van der Waals surface area contributed by atoms with Gasteiger partial charge in [0.05, 0.1) is 17.9 Å². The molecule has 2 aromatic heterocycles. The van der Waals surface area contributed by atoms with E-state index in [1.165, 1.54) is 6.33 Å². The largest absolute Gasteiger partial charge is 0.393 e. The van der Waals surface area contributed by atoms with Crippen molar-refractivity contribution in [2.24, 2.45) is 5.41 Å². The van der Waals surface area contributed by atoms with Crippen molar-refractivity contribution in [1.82, 2.24) is 15.3 Å². The molecule has 1 aliphatic heterocycles. The Kier molecular flexibility index (Phi) is 6.01. The molecule has 3 aromatic rings. The summed E-state index contributed by atoms with van der Waals surface area (Å²) in [6.45, 7) is 1.61. The summed E-state index contributed by atoms with van der Waals surface area (Å²) in [5.74, 6) is 0.444. The number of carbonyl (C=O) groups is 1. The zero-order chi connectivity index (χ0) is 24.6. The lowest BCUT2D eigenvalue weighted by molar-refractivity contribution is -0.126. The quantitative estimate of drug-likeness (QED) is 0.484. The van der Waals surface area contributed by atoms with Crippen LogP contribution in [0.25, 0.3) is 10.2 Å². The third-order valence-electron chi connectivity index (χ3n) is 6.68. The maximum absolute atomic E-state index is 12.8. The van der Waals surface area contributed by atoms with Gasteiger partial charge in [0.2, 0.25) is 0 Å². The molecule has 0 atom stereocenters. The number of nitriles is 1. The number of benzene rings is 1. The number of nitrogens with zero attached hydrogens (tertiary/aromatic N) is 4. The van der Waals surface area contributed by atoms with Crippen LogP contribution in [0.1, 0.15) is 34.5 Å². The normalized spacial score (nSPS) is 21.7. The molecule has 2 aliphatic rings. The van der Waals surface area contributed by atoms with Crippen LogP contribution in [0.3, 0.4) is 0 Å². The Morgan fingerprint density at radius 3 is 2.74 bits per heavy atom. The van der Waals surface area contributed by atoms with Crippen molar-refractivity contribution >= 4 is 39.0 Å². The first-order valence-corrected chi connectivity index (χ1v) is 12.1. The van der Waals surface area contributed by atoms with Crippen molar-refractivity contribution in [3.8, 4) is 6.07 Å². The van der Waals surface area contributed by atoms with E-state index < -0.39 is 12.6 Å². The zero-order valence-corrected chi connectivity index (χ0v) is 19.5. The molecule has 2 N–H and O–H groups in total. The van der Waals surface area contributed by atoms with E-state index in [-0.39, 0.29) is 22.7 Å². The summed E-state index contributed by atoms with van der Waals surface area (Å²) in [5, 5.41) is 15.3. The first kappa shape index (κ1) is 23.4. The number of thiophene rings is 1. The summed E-state index contributed by atoms with van der Waals surface area (Å²) < 4.78 is 38.5. The number of anilines is 2. The molecule has 2 fully saturated rings. The molecule has 0 unspecified atom stereocenters. The van der Waals surface area contributed by atoms with Crippen molar-refractivity contribution in [3.05, 3.63) is 47.1 Å². The number of hydrogen-bond acceptors (Lipinski definition) is 7. The number of nitrogens with one attached hydrogen (secondary N) is 2. The van der Waals surface area contributed by atoms with Gasteiger partial charge in [0.1, 0.15) is 23.5 Å². The van der Waals surface area contributed by atoms with E-state index in [0.717, 1.165) is 55.2 Å². The number of carbonyl (C=O) groups excluding carboxylic acids is 1. The van der Waals surface area contributed by atoms with Gasteiger partial charge in [-0.1, -0.05) is 0 Å². The second-order valence-corrected chi connectivity index (χ2v) is 10.4. The van der Waals surface area contributed by atoms with Crippen LogP contribution in [0.2, 0.25) is 0 Å². The van der Waals surface area contributed by atoms with E-state index in [1.54, 1.807) is 18.2 Å². The Morgan fingerprint density at radius 1 is 1.26 bits per heavy atom. The van der Waals surface area contributed by atoms with Crippen LogP contribution in [0.5, 0.6) is 0 Å². The van der Waals surface area contributed by atoms with Crippen LogP contribution in [0.15, 0.2) is 36.7 Å². The molecule has 1 amide bonds. The Bertz CT molecular complexity index is 1280. The van der Waals surface area contributed by atoms with Gasteiger partial charge in [-0.05, 0) is 55.0 Å². The number of aromatic nitrogens is 2. The maximum atomic E-state index is 12.8. The van der Waals surface area contributed by atoms with E-state index in [2.05, 4.69) is 25.5 Å². The van der Waals surface area contributed by atoms with E-state index >= 15 is 0 Å². The summed E-state index contributed by atoms with van der Waals surface area (Å²) >= 11 is 1.08.